The molecule has 0 aliphatic rings. The number of nitrogens with one attached hydrogen (secondary N) is 1. The minimum absolute atomic E-state index is 0. The maximum absolute atomic E-state index is 10.7. The van der Waals surface area contributed by atoms with Crippen LogP contribution >= 0.6 is 0 Å². The van der Waals surface area contributed by atoms with Gasteiger partial charge in [0.15, 0.2) is 10.0 Å². The maximum Gasteiger partial charge on any atom is 0.262 e. The number of sulfonamides is 1. The normalized spacial score (nSPS) is 9.50. The van der Waals surface area contributed by atoms with Crippen molar-refractivity contribution < 1.29 is 19.4 Å². The predicted molar refractivity (Wildman–Crippen MR) is 57.0 cm³/mol. The van der Waals surface area contributed by atoms with E-state index >= 15 is 0 Å². The van der Waals surface area contributed by atoms with Crippen molar-refractivity contribution in [3.63, 3.8) is 0 Å². The molecule has 79 valence electrons. The van der Waals surface area contributed by atoms with E-state index in [4.69, 9.17) is 0 Å². The highest BCUT2D eigenvalue weighted by molar-refractivity contribution is 7.89. The lowest BCUT2D eigenvalue weighted by molar-refractivity contribution is 0.599. The first-order valence-corrected chi connectivity index (χ1v) is 5.33. The largest absolute Gasteiger partial charge is 0.412 e. The molecule has 14 heavy (non-hydrogen) atoms. The van der Waals surface area contributed by atoms with Gasteiger partial charge in [0.1, 0.15) is 0 Å². The van der Waals surface area contributed by atoms with Gasteiger partial charge in [0.05, 0.1) is 6.26 Å². The Kier molecular flexibility index (Phi) is 7.29. The molecule has 0 aromatic heterocycles. The fourth-order valence-corrected chi connectivity index (χ4v) is 1.07. The van der Waals surface area contributed by atoms with E-state index < -0.39 is 10.0 Å². The van der Waals surface area contributed by atoms with Crippen LogP contribution in [0.4, 0.5) is 0 Å². The minimum Gasteiger partial charge on any atom is -0.412 e. The summed E-state index contributed by atoms with van der Waals surface area (Å²) < 4.78 is 23.6. The van der Waals surface area contributed by atoms with Gasteiger partial charge in [0.25, 0.3) is 7.41 Å². The molecule has 0 unspecified atom stereocenters. The molecule has 7 heteroatoms. The zero-order chi connectivity index (χ0) is 9.03. The van der Waals surface area contributed by atoms with E-state index in [0.29, 0.717) is 0 Å². The first-order valence-electron chi connectivity index (χ1n) is 3.43. The number of hydrogen-bond acceptors (Lipinski definition) is 2. The van der Waals surface area contributed by atoms with Gasteiger partial charge in [-0.2, -0.15) is 0 Å². The zero-order valence-corrected chi connectivity index (χ0v) is 8.51. The van der Waals surface area contributed by atoms with Crippen molar-refractivity contribution in [3.8, 4) is 0 Å². The van der Waals surface area contributed by atoms with E-state index in [1.807, 2.05) is 30.3 Å². The van der Waals surface area contributed by atoms with Crippen molar-refractivity contribution in [2.75, 3.05) is 6.26 Å². The van der Waals surface area contributed by atoms with Gasteiger partial charge in [-0.25, -0.2) is 8.42 Å². The average Bonchev–Trinajstić information content (AvgIpc) is 2.02. The van der Waals surface area contributed by atoms with Crippen LogP contribution in [-0.4, -0.2) is 33.0 Å². The summed E-state index contributed by atoms with van der Waals surface area (Å²) in [6.45, 7) is 0. The molecule has 5 nitrogen and oxygen atoms in total. The van der Waals surface area contributed by atoms with Gasteiger partial charge >= 0.3 is 0 Å². The van der Waals surface area contributed by atoms with Crippen molar-refractivity contribution >= 4 is 22.9 Å². The molecular formula is C7H13BNO4S. The van der Waals surface area contributed by atoms with Crippen LogP contribution in [0, 0.1) is 0 Å². The summed E-state index contributed by atoms with van der Waals surface area (Å²) in [5, 5.41) is 0. The fraction of sp³-hybridized carbons (Fsp3) is 0.143. The lowest BCUT2D eigenvalue weighted by atomic mass is 9.85. The Hall–Kier alpha value is -0.885. The third kappa shape index (κ3) is 6.61. The van der Waals surface area contributed by atoms with Gasteiger partial charge in [0.2, 0.25) is 0 Å². The molecule has 0 amide bonds. The topological polar surface area (TPSA) is 109 Å². The number of rotatable bonds is 3. The van der Waals surface area contributed by atoms with E-state index in [-0.39, 0.29) is 11.0 Å². The molecule has 1 radical (unpaired) electrons. The maximum atomic E-state index is 10.7. The molecule has 0 heterocycles. The van der Waals surface area contributed by atoms with Crippen LogP contribution in [-0.2, 0) is 10.0 Å². The van der Waals surface area contributed by atoms with Crippen molar-refractivity contribution in [1.82, 2.24) is 4.63 Å². The molecule has 0 aliphatic carbocycles. The summed E-state index contributed by atoms with van der Waals surface area (Å²) in [5.41, 5.74) is 0.836. The molecule has 0 bridgehead atoms. The highest BCUT2D eigenvalue weighted by Crippen LogP contribution is 1.80. The van der Waals surface area contributed by atoms with Gasteiger partial charge in [-0.1, -0.05) is 35.8 Å². The molecule has 1 rings (SSSR count). The van der Waals surface area contributed by atoms with Crippen molar-refractivity contribution in [1.29, 1.82) is 0 Å². The lowest BCUT2D eigenvalue weighted by Crippen LogP contribution is -2.34. The number of hydrogen-bond donors (Lipinski definition) is 1. The predicted octanol–water partition coefficient (Wildman–Crippen LogP) is -2.17. The van der Waals surface area contributed by atoms with E-state index in [0.717, 1.165) is 11.7 Å². The average molecular weight is 218 g/mol. The Bertz CT molecular complexity index is 340. The molecule has 1 aromatic rings. The smallest absolute Gasteiger partial charge is 0.262 e. The highest BCUT2D eigenvalue weighted by Gasteiger charge is 2.01. The molecular weight excluding hydrogens is 205 g/mol. The van der Waals surface area contributed by atoms with Crippen LogP contribution in [0.3, 0.4) is 0 Å². The molecule has 0 saturated heterocycles. The van der Waals surface area contributed by atoms with Crippen molar-refractivity contribution in [2.24, 2.45) is 0 Å². The molecule has 0 spiro atoms. The minimum atomic E-state index is -3.13. The fourth-order valence-electron chi connectivity index (χ4n) is 0.724. The van der Waals surface area contributed by atoms with Crippen LogP contribution in [0.5, 0.6) is 0 Å². The van der Waals surface area contributed by atoms with E-state index in [9.17, 15) is 8.42 Å². The van der Waals surface area contributed by atoms with Crippen LogP contribution in [0.25, 0.3) is 0 Å². The van der Waals surface area contributed by atoms with Crippen molar-refractivity contribution in [3.05, 3.63) is 30.3 Å². The summed E-state index contributed by atoms with van der Waals surface area (Å²) in [4.78, 5) is 0. The van der Waals surface area contributed by atoms with Gasteiger partial charge < -0.3 is 11.0 Å². The summed E-state index contributed by atoms with van der Waals surface area (Å²) in [6.07, 6.45) is 1.12. The second kappa shape index (κ2) is 6.55. The van der Waals surface area contributed by atoms with Gasteiger partial charge in [0, 0.05) is 0 Å². The van der Waals surface area contributed by atoms with Crippen LogP contribution in [0.15, 0.2) is 30.3 Å². The Morgan fingerprint density at radius 3 is 2.07 bits per heavy atom. The van der Waals surface area contributed by atoms with E-state index in [2.05, 4.69) is 4.63 Å². The molecule has 0 aliphatic heterocycles. The Labute approximate surface area is 84.1 Å². The van der Waals surface area contributed by atoms with Crippen LogP contribution < -0.4 is 10.1 Å². The highest BCUT2D eigenvalue weighted by atomic mass is 32.2. The molecule has 0 saturated carbocycles. The summed E-state index contributed by atoms with van der Waals surface area (Å²) in [7, 11) is -1.67. The van der Waals surface area contributed by atoms with Gasteiger partial charge in [-0.05, 0) is 0 Å². The van der Waals surface area contributed by atoms with Gasteiger partial charge in [-0.15, -0.1) is 0 Å². The second-order valence-corrected chi connectivity index (χ2v) is 4.23. The monoisotopic (exact) mass is 218 g/mol. The summed E-state index contributed by atoms with van der Waals surface area (Å²) in [5.74, 6) is 0. The number of benzene rings is 1. The summed E-state index contributed by atoms with van der Waals surface area (Å²) >= 11 is 0. The standard InChI is InChI=1S/C7H9BNO2S.2H2O/c1-12(10,11)9-8-7-5-3-2-4-6-7;;/h2-6,9H,1H3;2*1H2. The molecule has 5 N–H and O–H groups in total. The van der Waals surface area contributed by atoms with Crippen LogP contribution in [0.1, 0.15) is 0 Å². The SMILES string of the molecule is CS(=O)(=O)N[B]c1ccccc1.O.O. The third-order valence-corrected chi connectivity index (χ3v) is 1.79. The van der Waals surface area contributed by atoms with Crippen molar-refractivity contribution in [2.45, 2.75) is 0 Å². The van der Waals surface area contributed by atoms with Crippen LogP contribution in [0.2, 0.25) is 0 Å². The Morgan fingerprint density at radius 1 is 1.14 bits per heavy atom. The Morgan fingerprint density at radius 2 is 1.64 bits per heavy atom. The van der Waals surface area contributed by atoms with Gasteiger partial charge in [-0.3, -0.25) is 4.63 Å². The first-order chi connectivity index (χ1) is 5.58. The molecule has 1 aromatic carbocycles. The van der Waals surface area contributed by atoms with E-state index in [1.165, 1.54) is 7.41 Å². The summed E-state index contributed by atoms with van der Waals surface area (Å²) in [6, 6.07) is 9.19. The second-order valence-electron chi connectivity index (χ2n) is 2.45. The zero-order valence-electron chi connectivity index (χ0n) is 7.69. The molecule has 0 fully saturated rings. The lowest BCUT2D eigenvalue weighted by Gasteiger charge is -1.98. The first kappa shape index (κ1) is 15.6. The Balaban J connectivity index is 0. The molecule has 0 atom stereocenters. The quantitative estimate of drug-likeness (QED) is 0.582. The third-order valence-electron chi connectivity index (χ3n) is 1.24. The van der Waals surface area contributed by atoms with E-state index in [1.54, 1.807) is 0 Å².